The second kappa shape index (κ2) is 9.43. The summed E-state index contributed by atoms with van der Waals surface area (Å²) < 4.78 is 9.91. The lowest BCUT2D eigenvalue weighted by molar-refractivity contribution is 0.0141. The average molecular weight is 224 g/mol. The molecule has 84 valence electrons. The highest BCUT2D eigenvalue weighted by atomic mass is 35.5. The number of rotatable bonds is 9. The van der Waals surface area contributed by atoms with Crippen molar-refractivity contribution in [1.82, 2.24) is 5.32 Å². The number of ether oxygens (including phenoxy) is 2. The van der Waals surface area contributed by atoms with E-state index in [0.717, 1.165) is 0 Å². The number of aliphatic hydroxyl groups is 1. The molecule has 0 amide bonds. The molecule has 0 aliphatic carbocycles. The lowest BCUT2D eigenvalue weighted by Crippen LogP contribution is -2.31. The quantitative estimate of drug-likeness (QED) is 0.554. The van der Waals surface area contributed by atoms with E-state index in [4.69, 9.17) is 21.1 Å². The molecular formula is C9H18ClNO3. The largest absolute Gasteiger partial charge is 0.389 e. The van der Waals surface area contributed by atoms with Crippen LogP contribution in [-0.4, -0.2) is 51.2 Å². The van der Waals surface area contributed by atoms with Crippen LogP contribution in [0.15, 0.2) is 11.6 Å². The predicted octanol–water partition coefficient (Wildman–Crippen LogP) is 0.352. The van der Waals surface area contributed by atoms with Gasteiger partial charge in [-0.2, -0.15) is 0 Å². The van der Waals surface area contributed by atoms with Crippen LogP contribution in [0.3, 0.4) is 0 Å². The van der Waals surface area contributed by atoms with E-state index in [0.29, 0.717) is 37.9 Å². The fourth-order valence-corrected chi connectivity index (χ4v) is 0.889. The molecule has 4 nitrogen and oxygen atoms in total. The molecule has 1 atom stereocenters. The fraction of sp³-hybridized carbons (Fsp3) is 0.778. The molecule has 0 aromatic heterocycles. The Morgan fingerprint density at radius 1 is 1.57 bits per heavy atom. The van der Waals surface area contributed by atoms with Crippen LogP contribution in [0.4, 0.5) is 0 Å². The van der Waals surface area contributed by atoms with Crippen LogP contribution in [0.5, 0.6) is 0 Å². The lowest BCUT2D eigenvalue weighted by Gasteiger charge is -2.11. The highest BCUT2D eigenvalue weighted by Crippen LogP contribution is 1.92. The number of halogens is 1. The van der Waals surface area contributed by atoms with Crippen molar-refractivity contribution in [2.45, 2.75) is 6.10 Å². The van der Waals surface area contributed by atoms with E-state index in [9.17, 15) is 5.11 Å². The standard InChI is InChI=1S/C9H18ClNO3/c1-8(10)5-11-6-9(12)7-14-4-3-13-2/h9,11-12H,1,3-7H2,2H3. The summed E-state index contributed by atoms with van der Waals surface area (Å²) in [6.45, 7) is 5.78. The van der Waals surface area contributed by atoms with Crippen molar-refractivity contribution in [3.05, 3.63) is 11.6 Å². The Labute approximate surface area is 89.8 Å². The first-order valence-corrected chi connectivity index (χ1v) is 4.83. The van der Waals surface area contributed by atoms with Crippen LogP contribution in [0.2, 0.25) is 0 Å². The maximum atomic E-state index is 9.36. The number of methoxy groups -OCH3 is 1. The Kier molecular flexibility index (Phi) is 9.34. The molecule has 0 rings (SSSR count). The van der Waals surface area contributed by atoms with Crippen molar-refractivity contribution in [3.8, 4) is 0 Å². The Bertz CT molecular complexity index is 155. The first kappa shape index (κ1) is 13.9. The van der Waals surface area contributed by atoms with Crippen LogP contribution in [-0.2, 0) is 9.47 Å². The number of nitrogens with one attached hydrogen (secondary N) is 1. The van der Waals surface area contributed by atoms with Crippen molar-refractivity contribution >= 4 is 11.6 Å². The van der Waals surface area contributed by atoms with Gasteiger partial charge in [0.1, 0.15) is 0 Å². The molecule has 5 heteroatoms. The molecule has 0 heterocycles. The first-order chi connectivity index (χ1) is 6.66. The van der Waals surface area contributed by atoms with Gasteiger partial charge in [0.05, 0.1) is 25.9 Å². The maximum absolute atomic E-state index is 9.36. The van der Waals surface area contributed by atoms with Gasteiger partial charge in [-0.1, -0.05) is 18.2 Å². The van der Waals surface area contributed by atoms with Crippen molar-refractivity contribution in [2.24, 2.45) is 0 Å². The van der Waals surface area contributed by atoms with Gasteiger partial charge in [0.2, 0.25) is 0 Å². The highest BCUT2D eigenvalue weighted by Gasteiger charge is 2.03. The molecule has 0 aromatic carbocycles. The van der Waals surface area contributed by atoms with Crippen molar-refractivity contribution < 1.29 is 14.6 Å². The molecule has 2 N–H and O–H groups in total. The van der Waals surface area contributed by atoms with Gasteiger partial charge in [-0.15, -0.1) is 0 Å². The second-order valence-electron chi connectivity index (χ2n) is 2.87. The van der Waals surface area contributed by atoms with Crippen LogP contribution < -0.4 is 5.32 Å². The lowest BCUT2D eigenvalue weighted by atomic mass is 10.4. The van der Waals surface area contributed by atoms with Crippen molar-refractivity contribution in [2.75, 3.05) is 40.0 Å². The Hall–Kier alpha value is -0.130. The SMILES string of the molecule is C=C(Cl)CNCC(O)COCCOC. The zero-order valence-corrected chi connectivity index (χ0v) is 9.22. The van der Waals surface area contributed by atoms with Gasteiger partial charge < -0.3 is 19.9 Å². The summed E-state index contributed by atoms with van der Waals surface area (Å²) in [5.74, 6) is 0. The fourth-order valence-electron chi connectivity index (χ4n) is 0.795. The van der Waals surface area contributed by atoms with E-state index in [-0.39, 0.29) is 0 Å². The van der Waals surface area contributed by atoms with Gasteiger partial charge >= 0.3 is 0 Å². The summed E-state index contributed by atoms with van der Waals surface area (Å²) in [4.78, 5) is 0. The van der Waals surface area contributed by atoms with E-state index in [2.05, 4.69) is 11.9 Å². The van der Waals surface area contributed by atoms with E-state index >= 15 is 0 Å². The third-order valence-electron chi connectivity index (χ3n) is 1.44. The summed E-state index contributed by atoms with van der Waals surface area (Å²) in [5, 5.41) is 12.8. The van der Waals surface area contributed by atoms with Crippen LogP contribution in [0, 0.1) is 0 Å². The van der Waals surface area contributed by atoms with Gasteiger partial charge in [0.25, 0.3) is 0 Å². The minimum absolute atomic E-state index is 0.297. The predicted molar refractivity (Wildman–Crippen MR) is 56.6 cm³/mol. The zero-order valence-electron chi connectivity index (χ0n) is 8.46. The van der Waals surface area contributed by atoms with Gasteiger partial charge in [-0.25, -0.2) is 0 Å². The number of aliphatic hydroxyl groups excluding tert-OH is 1. The summed E-state index contributed by atoms with van der Waals surface area (Å²) >= 11 is 5.52. The van der Waals surface area contributed by atoms with Gasteiger partial charge in [0.15, 0.2) is 0 Å². The normalized spacial score (nSPS) is 12.8. The minimum atomic E-state index is -0.525. The highest BCUT2D eigenvalue weighted by molar-refractivity contribution is 6.29. The molecule has 0 saturated heterocycles. The van der Waals surface area contributed by atoms with Gasteiger partial charge in [-0.3, -0.25) is 0 Å². The summed E-state index contributed by atoms with van der Waals surface area (Å²) in [6.07, 6.45) is -0.525. The Morgan fingerprint density at radius 2 is 2.29 bits per heavy atom. The summed E-state index contributed by atoms with van der Waals surface area (Å²) in [6, 6.07) is 0. The topological polar surface area (TPSA) is 50.7 Å². The molecule has 0 aliphatic rings. The molecule has 14 heavy (non-hydrogen) atoms. The molecule has 0 spiro atoms. The molecule has 0 radical (unpaired) electrons. The van der Waals surface area contributed by atoms with Crippen LogP contribution >= 0.6 is 11.6 Å². The Morgan fingerprint density at radius 3 is 2.86 bits per heavy atom. The minimum Gasteiger partial charge on any atom is -0.389 e. The third-order valence-corrected chi connectivity index (χ3v) is 1.57. The molecule has 0 fully saturated rings. The van der Waals surface area contributed by atoms with Crippen LogP contribution in [0.1, 0.15) is 0 Å². The zero-order chi connectivity index (χ0) is 10.8. The summed E-state index contributed by atoms with van der Waals surface area (Å²) in [5.41, 5.74) is 0. The third kappa shape index (κ3) is 9.95. The maximum Gasteiger partial charge on any atom is 0.0897 e. The molecule has 0 saturated carbocycles. The molecule has 0 aliphatic heterocycles. The van der Waals surface area contributed by atoms with E-state index in [1.165, 1.54) is 0 Å². The smallest absolute Gasteiger partial charge is 0.0897 e. The van der Waals surface area contributed by atoms with E-state index in [1.807, 2.05) is 0 Å². The Balaban J connectivity index is 3.19. The van der Waals surface area contributed by atoms with Crippen LogP contribution in [0.25, 0.3) is 0 Å². The van der Waals surface area contributed by atoms with E-state index < -0.39 is 6.10 Å². The van der Waals surface area contributed by atoms with E-state index in [1.54, 1.807) is 7.11 Å². The number of hydrogen-bond acceptors (Lipinski definition) is 4. The van der Waals surface area contributed by atoms with Gasteiger partial charge in [0, 0.05) is 25.2 Å². The first-order valence-electron chi connectivity index (χ1n) is 4.45. The van der Waals surface area contributed by atoms with Gasteiger partial charge in [-0.05, 0) is 0 Å². The monoisotopic (exact) mass is 223 g/mol. The average Bonchev–Trinajstić information content (AvgIpc) is 2.12. The van der Waals surface area contributed by atoms with Crippen molar-refractivity contribution in [3.63, 3.8) is 0 Å². The van der Waals surface area contributed by atoms with Crippen molar-refractivity contribution in [1.29, 1.82) is 0 Å². The summed E-state index contributed by atoms with van der Waals surface area (Å²) in [7, 11) is 1.60. The molecular weight excluding hydrogens is 206 g/mol. The second-order valence-corrected chi connectivity index (χ2v) is 3.40. The molecule has 0 bridgehead atoms. The molecule has 0 aromatic rings. The molecule has 1 unspecified atom stereocenters. The number of hydrogen-bond donors (Lipinski definition) is 2.